The summed E-state index contributed by atoms with van der Waals surface area (Å²) in [6.45, 7) is 1.24. The Labute approximate surface area is 135 Å². The predicted octanol–water partition coefficient (Wildman–Crippen LogP) is 2.48. The summed E-state index contributed by atoms with van der Waals surface area (Å²) in [4.78, 5) is 16.5. The topological polar surface area (TPSA) is 76.4 Å². The zero-order valence-electron chi connectivity index (χ0n) is 12.4. The summed E-state index contributed by atoms with van der Waals surface area (Å²) in [5.41, 5.74) is 2.14. The number of fused-ring (bicyclic) bond motifs is 1. The van der Waals surface area contributed by atoms with Crippen molar-refractivity contribution < 1.29 is 13.9 Å². The summed E-state index contributed by atoms with van der Waals surface area (Å²) in [5.74, 6) is 0.541. The Morgan fingerprint density at radius 3 is 3.09 bits per heavy atom. The van der Waals surface area contributed by atoms with E-state index < -0.39 is 0 Å². The quantitative estimate of drug-likeness (QED) is 0.903. The zero-order valence-corrected chi connectivity index (χ0v) is 13.2. The second-order valence-corrected chi connectivity index (χ2v) is 5.21. The standard InChI is InChI=1S/C15H19N3O3.ClH/c1-20-9-14-18-12-8-10(5-6-13(12)21-14)17-15(19)11-4-2-3-7-16-11;/h5-6,8,11,16H,2-4,7,9H2,1H3,(H,17,19);1H. The molecule has 1 aliphatic rings. The summed E-state index contributed by atoms with van der Waals surface area (Å²) >= 11 is 0. The molecular weight excluding hydrogens is 306 g/mol. The van der Waals surface area contributed by atoms with E-state index in [-0.39, 0.29) is 24.4 Å². The summed E-state index contributed by atoms with van der Waals surface area (Å²) in [7, 11) is 1.59. The van der Waals surface area contributed by atoms with Gasteiger partial charge in [-0.15, -0.1) is 12.4 Å². The molecule has 0 bridgehead atoms. The average molecular weight is 326 g/mol. The van der Waals surface area contributed by atoms with Gasteiger partial charge in [-0.1, -0.05) is 6.42 Å². The number of carbonyl (C=O) groups excluding carboxylic acids is 1. The Morgan fingerprint density at radius 1 is 1.50 bits per heavy atom. The lowest BCUT2D eigenvalue weighted by atomic mass is 10.0. The maximum Gasteiger partial charge on any atom is 0.241 e. The molecule has 0 saturated carbocycles. The second kappa shape index (κ2) is 7.58. The number of carbonyl (C=O) groups is 1. The third-order valence-corrected chi connectivity index (χ3v) is 3.59. The number of aromatic nitrogens is 1. The van der Waals surface area contributed by atoms with Gasteiger partial charge in [0, 0.05) is 12.8 Å². The van der Waals surface area contributed by atoms with Gasteiger partial charge < -0.3 is 19.8 Å². The van der Waals surface area contributed by atoms with Gasteiger partial charge in [-0.2, -0.15) is 0 Å². The number of nitrogens with one attached hydrogen (secondary N) is 2. The summed E-state index contributed by atoms with van der Waals surface area (Å²) in [6, 6.07) is 5.35. The molecule has 1 saturated heterocycles. The molecule has 6 nitrogen and oxygen atoms in total. The maximum atomic E-state index is 12.2. The number of amides is 1. The lowest BCUT2D eigenvalue weighted by Gasteiger charge is -2.22. The Morgan fingerprint density at radius 2 is 2.36 bits per heavy atom. The SMILES string of the molecule is COCc1nc2cc(NC(=O)C3CCCCN3)ccc2o1.Cl. The molecule has 0 spiro atoms. The van der Waals surface area contributed by atoms with E-state index in [4.69, 9.17) is 9.15 Å². The van der Waals surface area contributed by atoms with Crippen molar-refractivity contribution in [1.29, 1.82) is 0 Å². The van der Waals surface area contributed by atoms with Crippen LogP contribution in [0.15, 0.2) is 22.6 Å². The van der Waals surface area contributed by atoms with Crippen molar-refractivity contribution in [1.82, 2.24) is 10.3 Å². The number of hydrogen-bond acceptors (Lipinski definition) is 5. The lowest BCUT2D eigenvalue weighted by Crippen LogP contribution is -2.43. The summed E-state index contributed by atoms with van der Waals surface area (Å²) < 4.78 is 10.5. The monoisotopic (exact) mass is 325 g/mol. The minimum absolute atomic E-state index is 0. The van der Waals surface area contributed by atoms with Crippen LogP contribution in [0.3, 0.4) is 0 Å². The molecule has 1 atom stereocenters. The van der Waals surface area contributed by atoms with Crippen molar-refractivity contribution in [2.24, 2.45) is 0 Å². The van der Waals surface area contributed by atoms with Crippen molar-refractivity contribution in [2.75, 3.05) is 19.0 Å². The molecule has 1 aliphatic heterocycles. The van der Waals surface area contributed by atoms with E-state index in [1.54, 1.807) is 7.11 Å². The fourth-order valence-electron chi connectivity index (χ4n) is 2.54. The number of hydrogen-bond donors (Lipinski definition) is 2. The second-order valence-electron chi connectivity index (χ2n) is 5.21. The van der Waals surface area contributed by atoms with E-state index in [1.807, 2.05) is 18.2 Å². The van der Waals surface area contributed by atoms with Gasteiger partial charge in [-0.3, -0.25) is 4.79 Å². The number of rotatable bonds is 4. The first-order valence-electron chi connectivity index (χ1n) is 7.19. The number of benzene rings is 1. The maximum absolute atomic E-state index is 12.2. The minimum atomic E-state index is -0.101. The van der Waals surface area contributed by atoms with Crippen molar-refractivity contribution in [2.45, 2.75) is 31.9 Å². The molecule has 1 aromatic carbocycles. The van der Waals surface area contributed by atoms with Gasteiger partial charge in [-0.25, -0.2) is 4.98 Å². The molecule has 0 aliphatic carbocycles. The highest BCUT2D eigenvalue weighted by Crippen LogP contribution is 2.21. The summed E-state index contributed by atoms with van der Waals surface area (Å²) in [6.07, 6.45) is 3.11. The number of ether oxygens (including phenoxy) is 1. The van der Waals surface area contributed by atoms with Crippen molar-refractivity contribution >= 4 is 35.1 Å². The minimum Gasteiger partial charge on any atom is -0.438 e. The highest BCUT2D eigenvalue weighted by molar-refractivity contribution is 5.96. The fraction of sp³-hybridized carbons (Fsp3) is 0.467. The van der Waals surface area contributed by atoms with Crippen LogP contribution in [0.5, 0.6) is 0 Å². The number of nitrogens with zero attached hydrogens (tertiary/aromatic N) is 1. The molecule has 1 aromatic heterocycles. The molecule has 7 heteroatoms. The van der Waals surface area contributed by atoms with Crippen LogP contribution in [0, 0.1) is 0 Å². The molecule has 22 heavy (non-hydrogen) atoms. The number of halogens is 1. The molecular formula is C15H20ClN3O3. The van der Waals surface area contributed by atoms with Crippen molar-refractivity contribution in [3.8, 4) is 0 Å². The third-order valence-electron chi connectivity index (χ3n) is 3.59. The first-order chi connectivity index (χ1) is 10.3. The molecule has 2 N–H and O–H groups in total. The van der Waals surface area contributed by atoms with E-state index in [0.717, 1.165) is 37.0 Å². The Hall–Kier alpha value is -1.63. The molecule has 1 amide bonds. The average Bonchev–Trinajstić information content (AvgIpc) is 2.90. The van der Waals surface area contributed by atoms with Crippen LogP contribution >= 0.6 is 12.4 Å². The molecule has 3 rings (SSSR count). The predicted molar refractivity (Wildman–Crippen MR) is 86.2 cm³/mol. The largest absolute Gasteiger partial charge is 0.438 e. The molecule has 2 heterocycles. The van der Waals surface area contributed by atoms with Crippen LogP contribution in [0.4, 0.5) is 5.69 Å². The van der Waals surface area contributed by atoms with Gasteiger partial charge in [0.2, 0.25) is 11.8 Å². The van der Waals surface area contributed by atoms with E-state index >= 15 is 0 Å². The van der Waals surface area contributed by atoms with Crippen molar-refractivity contribution in [3.63, 3.8) is 0 Å². The van der Waals surface area contributed by atoms with Gasteiger partial charge >= 0.3 is 0 Å². The van der Waals surface area contributed by atoms with Crippen LogP contribution in [0.1, 0.15) is 25.2 Å². The van der Waals surface area contributed by atoms with Crippen LogP contribution < -0.4 is 10.6 Å². The van der Waals surface area contributed by atoms with Gasteiger partial charge in [0.25, 0.3) is 0 Å². The van der Waals surface area contributed by atoms with E-state index in [9.17, 15) is 4.79 Å². The molecule has 0 radical (unpaired) electrons. The zero-order chi connectivity index (χ0) is 14.7. The lowest BCUT2D eigenvalue weighted by molar-refractivity contribution is -0.118. The van der Waals surface area contributed by atoms with Crippen LogP contribution in [0.2, 0.25) is 0 Å². The van der Waals surface area contributed by atoms with E-state index in [1.165, 1.54) is 0 Å². The van der Waals surface area contributed by atoms with Gasteiger partial charge in [0.05, 0.1) is 6.04 Å². The molecule has 120 valence electrons. The first kappa shape index (κ1) is 16.7. The Kier molecular flexibility index (Phi) is 5.76. The van der Waals surface area contributed by atoms with Gasteiger partial charge in [-0.05, 0) is 37.6 Å². The fourth-order valence-corrected chi connectivity index (χ4v) is 2.54. The van der Waals surface area contributed by atoms with E-state index in [2.05, 4.69) is 15.6 Å². The number of anilines is 1. The first-order valence-corrected chi connectivity index (χ1v) is 7.19. The third kappa shape index (κ3) is 3.76. The normalized spacial score (nSPS) is 18.0. The molecule has 1 unspecified atom stereocenters. The Bertz CT molecular complexity index is 638. The van der Waals surface area contributed by atoms with Gasteiger partial charge in [0.15, 0.2) is 5.58 Å². The number of piperidine rings is 1. The molecule has 2 aromatic rings. The van der Waals surface area contributed by atoms with E-state index in [0.29, 0.717) is 18.1 Å². The summed E-state index contributed by atoms with van der Waals surface area (Å²) in [5, 5.41) is 6.17. The highest BCUT2D eigenvalue weighted by Gasteiger charge is 2.20. The molecule has 1 fully saturated rings. The van der Waals surface area contributed by atoms with Crippen LogP contribution in [-0.4, -0.2) is 30.6 Å². The van der Waals surface area contributed by atoms with Crippen molar-refractivity contribution in [3.05, 3.63) is 24.1 Å². The smallest absolute Gasteiger partial charge is 0.241 e. The Balaban J connectivity index is 0.00000176. The van der Waals surface area contributed by atoms with Crippen LogP contribution in [-0.2, 0) is 16.1 Å². The number of oxazole rings is 1. The van der Waals surface area contributed by atoms with Crippen LogP contribution in [0.25, 0.3) is 11.1 Å². The highest BCUT2D eigenvalue weighted by atomic mass is 35.5. The number of methoxy groups -OCH3 is 1. The van der Waals surface area contributed by atoms with Gasteiger partial charge in [0.1, 0.15) is 12.1 Å².